The van der Waals surface area contributed by atoms with Crippen molar-refractivity contribution >= 4 is 5.91 Å². The Kier molecular flexibility index (Phi) is 4.94. The van der Waals surface area contributed by atoms with E-state index in [9.17, 15) is 18.7 Å². The van der Waals surface area contributed by atoms with Gasteiger partial charge in [0.25, 0.3) is 0 Å². The Bertz CT molecular complexity index is 627. The maximum atomic E-state index is 13.4. The molecule has 1 aliphatic carbocycles. The molecule has 0 aromatic carbocycles. The third-order valence-electron chi connectivity index (χ3n) is 7.16. The van der Waals surface area contributed by atoms with Crippen LogP contribution in [-0.2, 0) is 9.53 Å². The second-order valence-electron chi connectivity index (χ2n) is 8.73. The number of rotatable bonds is 3. The van der Waals surface area contributed by atoms with Crippen LogP contribution in [0.4, 0.5) is 8.78 Å². The molecule has 1 unspecified atom stereocenters. The van der Waals surface area contributed by atoms with E-state index in [1.54, 1.807) is 11.9 Å². The summed E-state index contributed by atoms with van der Waals surface area (Å²) in [7, 11) is 1.73. The zero-order valence-electron chi connectivity index (χ0n) is 15.7. The summed E-state index contributed by atoms with van der Waals surface area (Å²) in [6, 6.07) is -0.139. The van der Waals surface area contributed by atoms with Gasteiger partial charge in [0.05, 0.1) is 30.8 Å². The number of aliphatic hydroxyl groups excluding tert-OH is 1. The van der Waals surface area contributed by atoms with Crippen LogP contribution in [0, 0.1) is 30.1 Å². The van der Waals surface area contributed by atoms with Crippen molar-refractivity contribution in [1.82, 2.24) is 9.80 Å². The number of carbonyl (C=O) groups is 1. The molecular weight excluding hydrogens is 354 g/mol. The molecule has 4 aliphatic rings. The first-order chi connectivity index (χ1) is 12.8. The average Bonchev–Trinajstić information content (AvgIpc) is 3.22. The largest absolute Gasteiger partial charge is 0.390 e. The maximum Gasteiger partial charge on any atom is 0.248 e. The van der Waals surface area contributed by atoms with Crippen molar-refractivity contribution in [1.29, 1.82) is 0 Å². The highest BCUT2D eigenvalue weighted by Crippen LogP contribution is 2.47. The molecule has 2 bridgehead atoms. The molecule has 1 N–H and O–H groups in total. The number of hydrogen-bond acceptors (Lipinski definition) is 4. The molecule has 0 spiro atoms. The molecule has 5 nitrogen and oxygen atoms in total. The summed E-state index contributed by atoms with van der Waals surface area (Å²) in [6.07, 6.45) is 5.18. The van der Waals surface area contributed by atoms with Crippen molar-refractivity contribution in [3.63, 3.8) is 0 Å². The van der Waals surface area contributed by atoms with Gasteiger partial charge >= 0.3 is 0 Å². The van der Waals surface area contributed by atoms with Crippen LogP contribution < -0.4 is 0 Å². The molecule has 1 saturated carbocycles. The number of alkyl halides is 2. The topological polar surface area (TPSA) is 53.0 Å². The van der Waals surface area contributed by atoms with Crippen LogP contribution in [0.1, 0.15) is 32.1 Å². The Morgan fingerprint density at radius 3 is 2.67 bits per heavy atom. The quantitative estimate of drug-likeness (QED) is 0.749. The summed E-state index contributed by atoms with van der Waals surface area (Å²) in [6.45, 7) is 2.00. The van der Waals surface area contributed by atoms with Crippen LogP contribution in [0.25, 0.3) is 0 Å². The number of halogens is 2. The third-order valence-corrected chi connectivity index (χ3v) is 7.16. The van der Waals surface area contributed by atoms with E-state index in [1.807, 2.05) is 0 Å². The van der Waals surface area contributed by atoms with Crippen molar-refractivity contribution in [2.75, 3.05) is 26.7 Å². The predicted molar refractivity (Wildman–Crippen MR) is 95.0 cm³/mol. The standard InChI is InChI=1S/C20H28F2N2O3/c1-3-8-24-10-14-15(11-24)18-13(9-16(27-18)17(14)25)19(26)23(2)12-4-6-20(21,22)7-5-12/h1,12-18,25H,4-11H2,2H3/t13?,14-,15+,16+,17+,18-/m1/s1. The van der Waals surface area contributed by atoms with Crippen molar-refractivity contribution < 1.29 is 23.4 Å². The van der Waals surface area contributed by atoms with Gasteiger partial charge in [-0.3, -0.25) is 9.69 Å². The van der Waals surface area contributed by atoms with E-state index in [4.69, 9.17) is 11.2 Å². The minimum absolute atomic E-state index is 0.0269. The fourth-order valence-corrected chi connectivity index (χ4v) is 5.64. The Balaban J connectivity index is 1.45. The number of ether oxygens (including phenoxy) is 1. The lowest BCUT2D eigenvalue weighted by atomic mass is 9.82. The lowest BCUT2D eigenvalue weighted by molar-refractivity contribution is -0.149. The summed E-state index contributed by atoms with van der Waals surface area (Å²) in [4.78, 5) is 17.0. The van der Waals surface area contributed by atoms with Gasteiger partial charge in [0.2, 0.25) is 11.8 Å². The molecule has 4 rings (SSSR count). The summed E-state index contributed by atoms with van der Waals surface area (Å²) >= 11 is 0. The van der Waals surface area contributed by atoms with Crippen LogP contribution in [0.2, 0.25) is 0 Å². The molecule has 7 heteroatoms. The fraction of sp³-hybridized carbons (Fsp3) is 0.850. The highest BCUT2D eigenvalue weighted by atomic mass is 19.3. The van der Waals surface area contributed by atoms with Crippen LogP contribution in [0.15, 0.2) is 0 Å². The van der Waals surface area contributed by atoms with E-state index in [-0.39, 0.29) is 54.8 Å². The Labute approximate surface area is 159 Å². The molecule has 3 saturated heterocycles. The van der Waals surface area contributed by atoms with Gasteiger partial charge in [0.1, 0.15) is 0 Å². The molecule has 0 aromatic rings. The third kappa shape index (κ3) is 3.37. The van der Waals surface area contributed by atoms with E-state index in [0.29, 0.717) is 25.8 Å². The monoisotopic (exact) mass is 382 g/mol. The lowest BCUT2D eigenvalue weighted by Crippen LogP contribution is -2.49. The molecule has 4 fully saturated rings. The number of carbonyl (C=O) groups excluding carboxylic acids is 1. The van der Waals surface area contributed by atoms with Crippen LogP contribution in [0.5, 0.6) is 0 Å². The van der Waals surface area contributed by atoms with E-state index < -0.39 is 12.0 Å². The van der Waals surface area contributed by atoms with Gasteiger partial charge in [0, 0.05) is 50.9 Å². The molecule has 27 heavy (non-hydrogen) atoms. The molecular formula is C20H28F2N2O3. The van der Waals surface area contributed by atoms with Crippen molar-refractivity contribution in [3.05, 3.63) is 0 Å². The Hall–Kier alpha value is -1.23. The number of amides is 1. The first kappa shape index (κ1) is 19.1. The van der Waals surface area contributed by atoms with Crippen LogP contribution in [-0.4, -0.2) is 77.8 Å². The van der Waals surface area contributed by atoms with Gasteiger partial charge in [-0.2, -0.15) is 0 Å². The number of nitrogens with zero attached hydrogens (tertiary/aromatic N) is 2. The highest BCUT2D eigenvalue weighted by Gasteiger charge is 2.58. The summed E-state index contributed by atoms with van der Waals surface area (Å²) in [5, 5.41) is 10.7. The maximum absolute atomic E-state index is 13.4. The van der Waals surface area contributed by atoms with Gasteiger partial charge in [-0.15, -0.1) is 6.42 Å². The van der Waals surface area contributed by atoms with Crippen LogP contribution in [0.3, 0.4) is 0 Å². The van der Waals surface area contributed by atoms with Gasteiger partial charge in [-0.1, -0.05) is 5.92 Å². The summed E-state index contributed by atoms with van der Waals surface area (Å²) in [5.41, 5.74) is 0. The highest BCUT2D eigenvalue weighted by molar-refractivity contribution is 5.80. The SMILES string of the molecule is C#CCN1C[C@H]2[C@H](O)[C@@H]3CC(C(=O)N(C)C4CCC(F)(F)CC4)[C@@H](O3)[C@H]2C1. The number of aliphatic hydroxyl groups is 1. The van der Waals surface area contributed by atoms with E-state index in [0.717, 1.165) is 13.1 Å². The fourth-order valence-electron chi connectivity index (χ4n) is 5.64. The molecule has 1 amide bonds. The molecule has 150 valence electrons. The predicted octanol–water partition coefficient (Wildman–Crippen LogP) is 1.35. The smallest absolute Gasteiger partial charge is 0.248 e. The van der Waals surface area contributed by atoms with Crippen LogP contribution >= 0.6 is 0 Å². The zero-order valence-corrected chi connectivity index (χ0v) is 15.7. The first-order valence-electron chi connectivity index (χ1n) is 9.94. The summed E-state index contributed by atoms with van der Waals surface area (Å²) < 4.78 is 32.9. The van der Waals surface area contributed by atoms with Crippen molar-refractivity contribution in [2.24, 2.45) is 17.8 Å². The Morgan fingerprint density at radius 1 is 1.33 bits per heavy atom. The second kappa shape index (κ2) is 6.98. The average molecular weight is 382 g/mol. The van der Waals surface area contributed by atoms with E-state index in [2.05, 4.69) is 10.8 Å². The molecule has 3 aliphatic heterocycles. The Morgan fingerprint density at radius 2 is 2.00 bits per heavy atom. The number of terminal acetylenes is 1. The van der Waals surface area contributed by atoms with Crippen molar-refractivity contribution in [3.8, 4) is 12.3 Å². The van der Waals surface area contributed by atoms with Gasteiger partial charge in [0.15, 0.2) is 0 Å². The minimum Gasteiger partial charge on any atom is -0.390 e. The first-order valence-corrected chi connectivity index (χ1v) is 9.94. The number of hydrogen-bond donors (Lipinski definition) is 1. The normalized spacial score (nSPS) is 41.1. The molecule has 0 radical (unpaired) electrons. The zero-order chi connectivity index (χ0) is 19.3. The van der Waals surface area contributed by atoms with E-state index >= 15 is 0 Å². The molecule has 0 aromatic heterocycles. The van der Waals surface area contributed by atoms with Crippen molar-refractivity contribution in [2.45, 2.75) is 62.4 Å². The minimum atomic E-state index is -2.60. The summed E-state index contributed by atoms with van der Waals surface area (Å²) in [5.74, 6) is -0.119. The van der Waals surface area contributed by atoms with Gasteiger partial charge in [-0.05, 0) is 19.3 Å². The molecule has 3 heterocycles. The van der Waals surface area contributed by atoms with E-state index in [1.165, 1.54) is 0 Å². The number of likely N-dealkylation sites (tertiary alicyclic amines) is 1. The van der Waals surface area contributed by atoms with Gasteiger partial charge in [-0.25, -0.2) is 8.78 Å². The second-order valence-corrected chi connectivity index (χ2v) is 8.73. The van der Waals surface area contributed by atoms with Gasteiger partial charge < -0.3 is 14.7 Å². The lowest BCUT2D eigenvalue weighted by Gasteiger charge is -2.38. The number of fused-ring (bicyclic) bond motifs is 4. The molecule has 6 atom stereocenters.